The van der Waals surface area contributed by atoms with Crippen molar-refractivity contribution in [2.45, 2.75) is 13.0 Å². The predicted molar refractivity (Wildman–Crippen MR) is 81.6 cm³/mol. The van der Waals surface area contributed by atoms with E-state index in [1.54, 1.807) is 18.4 Å². The van der Waals surface area contributed by atoms with E-state index in [4.69, 9.17) is 4.74 Å². The quantitative estimate of drug-likeness (QED) is 0.786. The Balaban J connectivity index is 1.57. The van der Waals surface area contributed by atoms with Gasteiger partial charge in [0.2, 0.25) is 5.91 Å². The van der Waals surface area contributed by atoms with Gasteiger partial charge in [0.25, 0.3) is 0 Å². The van der Waals surface area contributed by atoms with E-state index in [1.165, 1.54) is 0 Å². The van der Waals surface area contributed by atoms with E-state index in [0.29, 0.717) is 13.0 Å². The summed E-state index contributed by atoms with van der Waals surface area (Å²) in [4.78, 5) is 17.3. The van der Waals surface area contributed by atoms with Crippen LogP contribution in [-0.4, -0.2) is 22.4 Å². The summed E-state index contributed by atoms with van der Waals surface area (Å²) in [5.74, 6) is 0.731. The third kappa shape index (κ3) is 3.22. The average Bonchev–Trinajstić information content (AvgIpc) is 3.06. The Hall–Kier alpha value is -2.34. The Bertz CT molecular complexity index is 734. The molecule has 0 aliphatic carbocycles. The fourth-order valence-electron chi connectivity index (χ4n) is 2.08. The Kier molecular flexibility index (Phi) is 3.87. The topological polar surface area (TPSA) is 55.6 Å². The lowest BCUT2D eigenvalue weighted by Gasteiger charge is -2.05. The molecule has 0 radical (unpaired) electrons. The van der Waals surface area contributed by atoms with Crippen molar-refractivity contribution in [1.82, 2.24) is 14.7 Å². The minimum Gasteiger partial charge on any atom is -0.497 e. The molecule has 3 aromatic rings. The standard InChI is InChI=1S/C15H15N3O2S/c1-20-13-4-2-3-11(7-13)8-14(19)16-9-12-10-18-5-6-21-15(18)17-12/h2-7,10H,8-9H2,1H3,(H,16,19). The molecule has 21 heavy (non-hydrogen) atoms. The van der Waals surface area contributed by atoms with Crippen LogP contribution in [0.15, 0.2) is 42.0 Å². The molecule has 2 heterocycles. The fraction of sp³-hybridized carbons (Fsp3) is 0.200. The van der Waals surface area contributed by atoms with E-state index in [1.807, 2.05) is 46.4 Å². The van der Waals surface area contributed by atoms with E-state index in [2.05, 4.69) is 10.3 Å². The summed E-state index contributed by atoms with van der Waals surface area (Å²) in [6.07, 6.45) is 4.21. The summed E-state index contributed by atoms with van der Waals surface area (Å²) in [6.45, 7) is 0.442. The number of thiazole rings is 1. The number of carbonyl (C=O) groups is 1. The van der Waals surface area contributed by atoms with Crippen LogP contribution in [0.3, 0.4) is 0 Å². The van der Waals surface area contributed by atoms with Crippen molar-refractivity contribution >= 4 is 22.2 Å². The number of hydrogen-bond donors (Lipinski definition) is 1. The number of methoxy groups -OCH3 is 1. The predicted octanol–water partition coefficient (Wildman–Crippen LogP) is 2.26. The number of fused-ring (bicyclic) bond motifs is 1. The van der Waals surface area contributed by atoms with Gasteiger partial charge in [-0.3, -0.25) is 9.20 Å². The molecule has 0 saturated heterocycles. The minimum absolute atomic E-state index is 0.0281. The molecule has 108 valence electrons. The lowest BCUT2D eigenvalue weighted by Crippen LogP contribution is -2.24. The van der Waals surface area contributed by atoms with Gasteiger partial charge in [0.1, 0.15) is 5.75 Å². The number of carbonyl (C=O) groups excluding carboxylic acids is 1. The van der Waals surface area contributed by atoms with Crippen LogP contribution in [-0.2, 0) is 17.8 Å². The van der Waals surface area contributed by atoms with Gasteiger partial charge in [-0.05, 0) is 17.7 Å². The van der Waals surface area contributed by atoms with E-state index >= 15 is 0 Å². The zero-order chi connectivity index (χ0) is 14.7. The molecular weight excluding hydrogens is 286 g/mol. The number of imidazole rings is 1. The average molecular weight is 301 g/mol. The van der Waals surface area contributed by atoms with Crippen LogP contribution in [0, 0.1) is 0 Å². The molecule has 0 atom stereocenters. The van der Waals surface area contributed by atoms with Crippen molar-refractivity contribution in [2.75, 3.05) is 7.11 Å². The van der Waals surface area contributed by atoms with Crippen LogP contribution in [0.1, 0.15) is 11.3 Å². The number of hydrogen-bond acceptors (Lipinski definition) is 4. The molecule has 0 aliphatic rings. The highest BCUT2D eigenvalue weighted by molar-refractivity contribution is 7.15. The van der Waals surface area contributed by atoms with E-state index in [-0.39, 0.29) is 5.91 Å². The first-order valence-corrected chi connectivity index (χ1v) is 7.43. The molecule has 5 nitrogen and oxygen atoms in total. The Morgan fingerprint density at radius 1 is 1.48 bits per heavy atom. The molecule has 3 rings (SSSR count). The van der Waals surface area contributed by atoms with Crippen molar-refractivity contribution in [3.63, 3.8) is 0 Å². The normalized spacial score (nSPS) is 10.7. The zero-order valence-corrected chi connectivity index (χ0v) is 12.4. The molecular formula is C15H15N3O2S. The maximum absolute atomic E-state index is 12.0. The summed E-state index contributed by atoms with van der Waals surface area (Å²) in [6, 6.07) is 7.52. The Morgan fingerprint density at radius 2 is 2.38 bits per heavy atom. The molecule has 0 fully saturated rings. The highest BCUT2D eigenvalue weighted by Crippen LogP contribution is 2.13. The lowest BCUT2D eigenvalue weighted by molar-refractivity contribution is -0.120. The molecule has 2 aromatic heterocycles. The van der Waals surface area contributed by atoms with Crippen LogP contribution >= 0.6 is 11.3 Å². The second-order valence-corrected chi connectivity index (χ2v) is 5.50. The number of amides is 1. The summed E-state index contributed by atoms with van der Waals surface area (Å²) in [5.41, 5.74) is 1.79. The maximum Gasteiger partial charge on any atom is 0.224 e. The van der Waals surface area contributed by atoms with Gasteiger partial charge < -0.3 is 10.1 Å². The van der Waals surface area contributed by atoms with Crippen molar-refractivity contribution in [3.8, 4) is 5.75 Å². The van der Waals surface area contributed by atoms with Gasteiger partial charge in [-0.25, -0.2) is 4.98 Å². The van der Waals surface area contributed by atoms with E-state index in [9.17, 15) is 4.79 Å². The molecule has 1 aromatic carbocycles. The first-order valence-electron chi connectivity index (χ1n) is 6.55. The molecule has 1 amide bonds. The fourth-order valence-corrected chi connectivity index (χ4v) is 2.80. The van der Waals surface area contributed by atoms with E-state index < -0.39 is 0 Å². The van der Waals surface area contributed by atoms with Crippen molar-refractivity contribution in [1.29, 1.82) is 0 Å². The lowest BCUT2D eigenvalue weighted by atomic mass is 10.1. The van der Waals surface area contributed by atoms with Gasteiger partial charge in [-0.1, -0.05) is 12.1 Å². The van der Waals surface area contributed by atoms with Crippen LogP contribution in [0.4, 0.5) is 0 Å². The van der Waals surface area contributed by atoms with Crippen molar-refractivity contribution in [2.24, 2.45) is 0 Å². The molecule has 1 N–H and O–H groups in total. The summed E-state index contributed by atoms with van der Waals surface area (Å²) < 4.78 is 7.10. The molecule has 0 unspecified atom stereocenters. The first-order chi connectivity index (χ1) is 10.2. The zero-order valence-electron chi connectivity index (χ0n) is 11.6. The highest BCUT2D eigenvalue weighted by Gasteiger charge is 2.07. The monoisotopic (exact) mass is 301 g/mol. The van der Waals surface area contributed by atoms with Gasteiger partial charge in [-0.2, -0.15) is 0 Å². The van der Waals surface area contributed by atoms with Crippen molar-refractivity contribution < 1.29 is 9.53 Å². The molecule has 0 aliphatic heterocycles. The molecule has 0 spiro atoms. The third-order valence-corrected chi connectivity index (χ3v) is 3.88. The minimum atomic E-state index is -0.0281. The third-order valence-electron chi connectivity index (χ3n) is 3.11. The highest BCUT2D eigenvalue weighted by atomic mass is 32.1. The summed E-state index contributed by atoms with van der Waals surface area (Å²) >= 11 is 1.57. The largest absolute Gasteiger partial charge is 0.497 e. The molecule has 0 bridgehead atoms. The smallest absolute Gasteiger partial charge is 0.224 e. The number of aromatic nitrogens is 2. The van der Waals surface area contributed by atoms with Crippen molar-refractivity contribution in [3.05, 3.63) is 53.3 Å². The summed E-state index contributed by atoms with van der Waals surface area (Å²) in [7, 11) is 1.61. The van der Waals surface area contributed by atoms with Gasteiger partial charge in [-0.15, -0.1) is 11.3 Å². The Labute approximate surface area is 126 Å². The SMILES string of the molecule is COc1cccc(CC(=O)NCc2cn3ccsc3n2)c1. The van der Waals surface area contributed by atoms with Crippen LogP contribution in [0.5, 0.6) is 5.75 Å². The van der Waals surface area contributed by atoms with Crippen LogP contribution < -0.4 is 10.1 Å². The Morgan fingerprint density at radius 3 is 3.19 bits per heavy atom. The maximum atomic E-state index is 12.0. The first kappa shape index (κ1) is 13.6. The van der Waals surface area contributed by atoms with Gasteiger partial charge in [0.05, 0.1) is 25.8 Å². The summed E-state index contributed by atoms with van der Waals surface area (Å²) in [5, 5.41) is 4.86. The molecule has 0 saturated carbocycles. The number of benzene rings is 1. The number of ether oxygens (including phenoxy) is 1. The van der Waals surface area contributed by atoms with Gasteiger partial charge in [0.15, 0.2) is 4.96 Å². The number of nitrogens with one attached hydrogen (secondary N) is 1. The van der Waals surface area contributed by atoms with Gasteiger partial charge >= 0.3 is 0 Å². The number of rotatable bonds is 5. The molecule has 6 heteroatoms. The second kappa shape index (κ2) is 5.97. The second-order valence-electron chi connectivity index (χ2n) is 4.63. The van der Waals surface area contributed by atoms with Crippen LogP contribution in [0.25, 0.3) is 4.96 Å². The number of nitrogens with zero attached hydrogens (tertiary/aromatic N) is 2. The van der Waals surface area contributed by atoms with E-state index in [0.717, 1.165) is 22.0 Å². The van der Waals surface area contributed by atoms with Gasteiger partial charge in [0, 0.05) is 17.8 Å². The van der Waals surface area contributed by atoms with Crippen LogP contribution in [0.2, 0.25) is 0 Å².